The fourth-order valence-corrected chi connectivity index (χ4v) is 3.51. The standard InChI is InChI=1S/C24H22N2O4/c1-28-20-12-16(13-21(29-2)22(20)30-3)17-11-19-18(24(27)26-23(19)25-14-17)10-9-15-7-5-4-6-8-15/h4-8,10-14H,9H2,1-3H3,(H,25,26,27). The molecule has 0 saturated carbocycles. The van der Waals surface area contributed by atoms with Crippen LogP contribution in [0.1, 0.15) is 11.1 Å². The molecule has 1 aliphatic heterocycles. The number of pyridine rings is 1. The van der Waals surface area contributed by atoms with E-state index in [1.54, 1.807) is 27.5 Å². The first-order chi connectivity index (χ1) is 14.6. The number of nitrogens with zero attached hydrogens (tertiary/aromatic N) is 1. The minimum Gasteiger partial charge on any atom is -0.493 e. The second-order valence-electron chi connectivity index (χ2n) is 6.80. The average Bonchev–Trinajstić information content (AvgIpc) is 3.11. The van der Waals surface area contributed by atoms with Crippen LogP contribution in [-0.2, 0) is 11.2 Å². The molecule has 1 aromatic heterocycles. The van der Waals surface area contributed by atoms with Crippen molar-refractivity contribution in [2.75, 3.05) is 26.6 Å². The van der Waals surface area contributed by atoms with Gasteiger partial charge in [-0.3, -0.25) is 4.79 Å². The molecule has 2 heterocycles. The van der Waals surface area contributed by atoms with Gasteiger partial charge in [0.2, 0.25) is 5.75 Å². The lowest BCUT2D eigenvalue weighted by Crippen LogP contribution is -2.04. The van der Waals surface area contributed by atoms with E-state index in [4.69, 9.17) is 14.2 Å². The van der Waals surface area contributed by atoms with E-state index in [1.165, 1.54) is 0 Å². The predicted molar refractivity (Wildman–Crippen MR) is 116 cm³/mol. The summed E-state index contributed by atoms with van der Waals surface area (Å²) in [6, 6.07) is 15.7. The van der Waals surface area contributed by atoms with Crippen LogP contribution in [0.5, 0.6) is 17.2 Å². The van der Waals surface area contributed by atoms with Gasteiger partial charge in [-0.05, 0) is 35.7 Å². The van der Waals surface area contributed by atoms with Crippen molar-refractivity contribution in [3.05, 3.63) is 71.9 Å². The summed E-state index contributed by atoms with van der Waals surface area (Å²) in [5.41, 5.74) is 4.23. The van der Waals surface area contributed by atoms with E-state index in [1.807, 2.05) is 54.6 Å². The Bertz CT molecular complexity index is 1100. The molecule has 0 radical (unpaired) electrons. The van der Waals surface area contributed by atoms with E-state index in [-0.39, 0.29) is 5.91 Å². The number of ether oxygens (including phenoxy) is 3. The average molecular weight is 402 g/mol. The SMILES string of the molecule is COc1cc(-c2cnc3c(c2)C(=CCc2ccccc2)C(=O)N3)cc(OC)c1OC. The third-order valence-electron chi connectivity index (χ3n) is 5.04. The van der Waals surface area contributed by atoms with Gasteiger partial charge in [0, 0.05) is 22.9 Å². The fourth-order valence-electron chi connectivity index (χ4n) is 3.51. The second kappa shape index (κ2) is 8.29. The van der Waals surface area contributed by atoms with Crippen LogP contribution in [0.25, 0.3) is 16.7 Å². The van der Waals surface area contributed by atoms with Crippen LogP contribution >= 0.6 is 0 Å². The molecule has 1 aliphatic rings. The van der Waals surface area contributed by atoms with Crippen LogP contribution < -0.4 is 19.5 Å². The highest BCUT2D eigenvalue weighted by molar-refractivity contribution is 6.31. The highest BCUT2D eigenvalue weighted by Crippen LogP contribution is 2.42. The maximum atomic E-state index is 12.5. The Hall–Kier alpha value is -3.80. The lowest BCUT2D eigenvalue weighted by molar-refractivity contribution is -0.110. The van der Waals surface area contributed by atoms with Gasteiger partial charge in [0.25, 0.3) is 5.91 Å². The van der Waals surface area contributed by atoms with E-state index in [0.717, 1.165) is 22.3 Å². The molecule has 0 spiro atoms. The third kappa shape index (κ3) is 3.59. The lowest BCUT2D eigenvalue weighted by Gasteiger charge is -2.14. The number of rotatable bonds is 6. The zero-order valence-corrected chi connectivity index (χ0v) is 17.1. The Morgan fingerprint density at radius 2 is 1.63 bits per heavy atom. The number of benzene rings is 2. The number of allylic oxidation sites excluding steroid dienone is 1. The van der Waals surface area contributed by atoms with E-state index >= 15 is 0 Å². The lowest BCUT2D eigenvalue weighted by atomic mass is 10.0. The van der Waals surface area contributed by atoms with Crippen LogP contribution in [0.2, 0.25) is 0 Å². The smallest absolute Gasteiger partial charge is 0.257 e. The molecule has 6 heteroatoms. The topological polar surface area (TPSA) is 69.7 Å². The Balaban J connectivity index is 1.74. The molecule has 0 bridgehead atoms. The molecular formula is C24H22N2O4. The van der Waals surface area contributed by atoms with Crippen LogP contribution in [0.3, 0.4) is 0 Å². The molecule has 0 atom stereocenters. The summed E-state index contributed by atoms with van der Waals surface area (Å²) in [6.07, 6.45) is 4.33. The summed E-state index contributed by atoms with van der Waals surface area (Å²) in [5.74, 6) is 2.06. The van der Waals surface area contributed by atoms with Gasteiger partial charge in [-0.1, -0.05) is 36.4 Å². The summed E-state index contributed by atoms with van der Waals surface area (Å²) in [4.78, 5) is 17.0. The molecular weight excluding hydrogens is 380 g/mol. The number of hydrogen-bond donors (Lipinski definition) is 1. The maximum absolute atomic E-state index is 12.5. The quantitative estimate of drug-likeness (QED) is 0.621. The molecule has 6 nitrogen and oxygen atoms in total. The summed E-state index contributed by atoms with van der Waals surface area (Å²) >= 11 is 0. The van der Waals surface area contributed by atoms with Crippen molar-refractivity contribution in [3.63, 3.8) is 0 Å². The van der Waals surface area contributed by atoms with Crippen molar-refractivity contribution in [1.29, 1.82) is 0 Å². The summed E-state index contributed by atoms with van der Waals surface area (Å²) < 4.78 is 16.3. The Morgan fingerprint density at radius 1 is 0.933 bits per heavy atom. The van der Waals surface area contributed by atoms with Crippen LogP contribution in [0.4, 0.5) is 5.82 Å². The van der Waals surface area contributed by atoms with E-state index in [9.17, 15) is 4.79 Å². The first-order valence-corrected chi connectivity index (χ1v) is 9.50. The fraction of sp³-hybridized carbons (Fsp3) is 0.167. The van der Waals surface area contributed by atoms with Crippen molar-refractivity contribution in [3.8, 4) is 28.4 Å². The number of fused-ring (bicyclic) bond motifs is 1. The van der Waals surface area contributed by atoms with Gasteiger partial charge < -0.3 is 19.5 Å². The van der Waals surface area contributed by atoms with E-state index in [0.29, 0.717) is 35.1 Å². The molecule has 4 rings (SSSR count). The number of hydrogen-bond acceptors (Lipinski definition) is 5. The third-order valence-corrected chi connectivity index (χ3v) is 5.04. The predicted octanol–water partition coefficient (Wildman–Crippen LogP) is 4.35. The summed E-state index contributed by atoms with van der Waals surface area (Å²) in [6.45, 7) is 0. The second-order valence-corrected chi connectivity index (χ2v) is 6.80. The van der Waals surface area contributed by atoms with Gasteiger partial charge in [-0.2, -0.15) is 0 Å². The molecule has 0 saturated heterocycles. The number of nitrogens with one attached hydrogen (secondary N) is 1. The van der Waals surface area contributed by atoms with Gasteiger partial charge >= 0.3 is 0 Å². The van der Waals surface area contributed by atoms with Crippen LogP contribution in [0, 0.1) is 0 Å². The van der Waals surface area contributed by atoms with Crippen molar-refractivity contribution in [2.24, 2.45) is 0 Å². The highest BCUT2D eigenvalue weighted by atomic mass is 16.5. The van der Waals surface area contributed by atoms with Gasteiger partial charge in [0.05, 0.1) is 21.3 Å². The van der Waals surface area contributed by atoms with E-state index < -0.39 is 0 Å². The number of aromatic nitrogens is 1. The summed E-state index contributed by atoms with van der Waals surface area (Å²) in [5, 5.41) is 2.84. The first-order valence-electron chi connectivity index (χ1n) is 9.50. The van der Waals surface area contributed by atoms with Crippen molar-refractivity contribution in [1.82, 2.24) is 4.98 Å². The van der Waals surface area contributed by atoms with Crippen LogP contribution in [0.15, 0.2) is 60.8 Å². The minimum absolute atomic E-state index is 0.143. The molecule has 152 valence electrons. The van der Waals surface area contributed by atoms with E-state index in [2.05, 4.69) is 10.3 Å². The monoisotopic (exact) mass is 402 g/mol. The number of carbonyl (C=O) groups excluding carboxylic acids is 1. The number of methoxy groups -OCH3 is 3. The van der Waals surface area contributed by atoms with Crippen molar-refractivity contribution < 1.29 is 19.0 Å². The van der Waals surface area contributed by atoms with Gasteiger partial charge in [-0.25, -0.2) is 4.98 Å². The molecule has 2 aromatic carbocycles. The maximum Gasteiger partial charge on any atom is 0.257 e. The van der Waals surface area contributed by atoms with Crippen molar-refractivity contribution >= 4 is 17.3 Å². The Morgan fingerprint density at radius 3 is 2.27 bits per heavy atom. The summed E-state index contributed by atoms with van der Waals surface area (Å²) in [7, 11) is 4.72. The largest absolute Gasteiger partial charge is 0.493 e. The zero-order chi connectivity index (χ0) is 21.1. The van der Waals surface area contributed by atoms with Crippen LogP contribution in [-0.4, -0.2) is 32.2 Å². The molecule has 0 aliphatic carbocycles. The first kappa shape index (κ1) is 19.5. The molecule has 0 unspecified atom stereocenters. The Kier molecular flexibility index (Phi) is 5.39. The molecule has 0 fully saturated rings. The van der Waals surface area contributed by atoms with Crippen molar-refractivity contribution in [2.45, 2.75) is 6.42 Å². The molecule has 3 aromatic rings. The number of carbonyl (C=O) groups is 1. The molecule has 1 amide bonds. The normalized spacial score (nSPS) is 13.7. The number of amides is 1. The van der Waals surface area contributed by atoms with Gasteiger partial charge in [0.1, 0.15) is 5.82 Å². The van der Waals surface area contributed by atoms with Gasteiger partial charge in [-0.15, -0.1) is 0 Å². The Labute approximate surface area is 175 Å². The minimum atomic E-state index is -0.143. The van der Waals surface area contributed by atoms with Gasteiger partial charge in [0.15, 0.2) is 11.5 Å². The zero-order valence-electron chi connectivity index (χ0n) is 17.1. The molecule has 30 heavy (non-hydrogen) atoms. The number of anilines is 1. The highest BCUT2D eigenvalue weighted by Gasteiger charge is 2.26. The molecule has 1 N–H and O–H groups in total.